The van der Waals surface area contributed by atoms with Gasteiger partial charge >= 0.3 is 5.97 Å². The number of hydrogen-bond donors (Lipinski definition) is 5. The van der Waals surface area contributed by atoms with E-state index in [9.17, 15) is 9.59 Å². The van der Waals surface area contributed by atoms with Crippen molar-refractivity contribution < 1.29 is 19.4 Å². The highest BCUT2D eigenvalue weighted by Crippen LogP contribution is 2.27. The molecule has 33 heavy (non-hydrogen) atoms. The molecule has 8 nitrogen and oxygen atoms in total. The third-order valence-corrected chi connectivity index (χ3v) is 5.02. The number of anilines is 2. The molecule has 3 aromatic rings. The van der Waals surface area contributed by atoms with E-state index in [-0.39, 0.29) is 11.7 Å². The van der Waals surface area contributed by atoms with Crippen LogP contribution in [0.5, 0.6) is 5.75 Å². The van der Waals surface area contributed by atoms with Crippen LogP contribution in [0.1, 0.15) is 27.0 Å². The predicted octanol–water partition coefficient (Wildman–Crippen LogP) is 4.26. The third kappa shape index (κ3) is 6.24. The summed E-state index contributed by atoms with van der Waals surface area (Å²) in [5.74, 6) is -1.01. The number of carboxylic acid groups (broad SMARTS) is 1. The lowest BCUT2D eigenvalue weighted by molar-refractivity contribution is -0.139. The quantitative estimate of drug-likeness (QED) is 0.236. The Morgan fingerprint density at radius 2 is 1.85 bits per heavy atom. The van der Waals surface area contributed by atoms with Crippen molar-refractivity contribution in [2.75, 3.05) is 17.2 Å². The van der Waals surface area contributed by atoms with Gasteiger partial charge in [-0.3, -0.25) is 10.2 Å². The molecule has 3 aromatic carbocycles. The summed E-state index contributed by atoms with van der Waals surface area (Å²) >= 11 is 6.13. The zero-order chi connectivity index (χ0) is 24.0. The van der Waals surface area contributed by atoms with E-state index in [1.807, 2.05) is 25.1 Å². The number of benzene rings is 3. The molecule has 0 atom stereocenters. The van der Waals surface area contributed by atoms with E-state index < -0.39 is 12.6 Å². The summed E-state index contributed by atoms with van der Waals surface area (Å²) in [6, 6.07) is 17.0. The fraction of sp³-hybridized carbons (Fsp3) is 0.125. The second kappa shape index (κ2) is 10.5. The highest BCUT2D eigenvalue weighted by Gasteiger charge is 2.15. The summed E-state index contributed by atoms with van der Waals surface area (Å²) in [7, 11) is 0. The molecule has 0 radical (unpaired) electrons. The number of amidine groups is 1. The largest absolute Gasteiger partial charge is 0.481 e. The van der Waals surface area contributed by atoms with Gasteiger partial charge in [-0.15, -0.1) is 0 Å². The number of aryl methyl sites for hydroxylation is 1. The van der Waals surface area contributed by atoms with Crippen LogP contribution in [-0.2, 0) is 11.3 Å². The van der Waals surface area contributed by atoms with Crippen molar-refractivity contribution in [1.82, 2.24) is 0 Å². The molecule has 0 bridgehead atoms. The van der Waals surface area contributed by atoms with Crippen molar-refractivity contribution in [3.05, 3.63) is 87.9 Å². The van der Waals surface area contributed by atoms with E-state index >= 15 is 0 Å². The topological polar surface area (TPSA) is 138 Å². The van der Waals surface area contributed by atoms with E-state index in [4.69, 9.17) is 32.6 Å². The summed E-state index contributed by atoms with van der Waals surface area (Å²) < 4.78 is 5.46. The van der Waals surface area contributed by atoms with Crippen molar-refractivity contribution >= 4 is 40.7 Å². The van der Waals surface area contributed by atoms with Crippen molar-refractivity contribution in [2.45, 2.75) is 13.5 Å². The van der Waals surface area contributed by atoms with Crippen LogP contribution in [-0.4, -0.2) is 29.4 Å². The zero-order valence-electron chi connectivity index (χ0n) is 17.8. The predicted molar refractivity (Wildman–Crippen MR) is 128 cm³/mol. The normalized spacial score (nSPS) is 10.4. The summed E-state index contributed by atoms with van der Waals surface area (Å²) in [6.07, 6.45) is 0. The van der Waals surface area contributed by atoms with Gasteiger partial charge < -0.3 is 26.2 Å². The molecule has 0 saturated carbocycles. The Morgan fingerprint density at radius 3 is 2.52 bits per heavy atom. The maximum absolute atomic E-state index is 12.9. The van der Waals surface area contributed by atoms with Gasteiger partial charge in [-0.25, -0.2) is 4.79 Å². The maximum Gasteiger partial charge on any atom is 0.341 e. The zero-order valence-corrected chi connectivity index (χ0v) is 18.6. The van der Waals surface area contributed by atoms with E-state index in [1.54, 1.807) is 42.5 Å². The van der Waals surface area contributed by atoms with Crippen LogP contribution in [0.25, 0.3) is 0 Å². The van der Waals surface area contributed by atoms with Crippen LogP contribution >= 0.6 is 11.6 Å². The number of rotatable bonds is 9. The lowest BCUT2D eigenvalue weighted by Crippen LogP contribution is -2.16. The molecule has 0 aliphatic rings. The number of ether oxygens (including phenoxy) is 1. The molecular formula is C24H23ClN4O4. The maximum atomic E-state index is 12.9. The molecule has 0 heterocycles. The van der Waals surface area contributed by atoms with E-state index in [0.717, 1.165) is 11.1 Å². The molecule has 0 aliphatic heterocycles. The van der Waals surface area contributed by atoms with Gasteiger partial charge in [-0.05, 0) is 55.0 Å². The van der Waals surface area contributed by atoms with Crippen LogP contribution in [0.15, 0.2) is 60.7 Å². The standard InChI is InChI=1S/C24H23ClN4O4/c1-14-3-2-4-16(22(14)33-13-21(30)31)12-28-20-10-7-17(25)11-19(20)24(32)29-18-8-5-15(6-9-18)23(26)27/h2-11,28H,12-13H2,1H3,(H3,26,27)(H,29,32)(H,30,31). The number of amides is 1. The molecule has 6 N–H and O–H groups in total. The van der Waals surface area contributed by atoms with E-state index in [1.165, 1.54) is 0 Å². The SMILES string of the molecule is Cc1cccc(CNc2ccc(Cl)cc2C(=O)Nc2ccc(C(=N)N)cc2)c1OCC(=O)O. The molecule has 0 spiro atoms. The van der Waals surface area contributed by atoms with E-state index in [0.29, 0.717) is 39.8 Å². The molecule has 0 unspecified atom stereocenters. The Bertz CT molecular complexity index is 1200. The summed E-state index contributed by atoms with van der Waals surface area (Å²) in [5, 5.41) is 22.8. The Labute approximate surface area is 195 Å². The fourth-order valence-corrected chi connectivity index (χ4v) is 3.35. The minimum absolute atomic E-state index is 0.0583. The number of carbonyl (C=O) groups is 2. The smallest absolute Gasteiger partial charge is 0.341 e. The average Bonchev–Trinajstić information content (AvgIpc) is 2.77. The number of aliphatic carboxylic acids is 1. The molecule has 0 aromatic heterocycles. The van der Waals surface area contributed by atoms with Crippen molar-refractivity contribution in [3.63, 3.8) is 0 Å². The summed E-state index contributed by atoms with van der Waals surface area (Å²) in [4.78, 5) is 23.9. The van der Waals surface area contributed by atoms with Gasteiger partial charge in [-0.2, -0.15) is 0 Å². The van der Waals surface area contributed by atoms with Crippen LogP contribution in [0, 0.1) is 12.3 Å². The lowest BCUT2D eigenvalue weighted by Gasteiger charge is -2.16. The molecule has 3 rings (SSSR count). The second-order valence-corrected chi connectivity index (χ2v) is 7.67. The summed E-state index contributed by atoms with van der Waals surface area (Å²) in [5.41, 5.74) is 8.98. The molecule has 0 fully saturated rings. The van der Waals surface area contributed by atoms with Gasteiger partial charge in [0.05, 0.1) is 5.56 Å². The minimum atomic E-state index is -1.06. The minimum Gasteiger partial charge on any atom is -0.481 e. The number of nitrogens with one attached hydrogen (secondary N) is 3. The summed E-state index contributed by atoms with van der Waals surface area (Å²) in [6.45, 7) is 1.68. The number of carbonyl (C=O) groups excluding carboxylic acids is 1. The average molecular weight is 467 g/mol. The number of nitrogen functional groups attached to an aromatic ring is 1. The van der Waals surface area contributed by atoms with Crippen LogP contribution in [0.2, 0.25) is 5.02 Å². The highest BCUT2D eigenvalue weighted by molar-refractivity contribution is 6.31. The first-order valence-corrected chi connectivity index (χ1v) is 10.3. The molecule has 1 amide bonds. The van der Waals surface area contributed by atoms with Crippen LogP contribution < -0.4 is 21.1 Å². The van der Waals surface area contributed by atoms with Gasteiger partial charge in [0.15, 0.2) is 6.61 Å². The monoisotopic (exact) mass is 466 g/mol. The molecule has 0 saturated heterocycles. The first kappa shape index (κ1) is 23.6. The number of nitrogens with two attached hydrogens (primary N) is 1. The Hall–Kier alpha value is -4.04. The Balaban J connectivity index is 1.79. The first-order chi connectivity index (χ1) is 15.7. The van der Waals surface area contributed by atoms with Gasteiger partial charge in [0.1, 0.15) is 11.6 Å². The van der Waals surface area contributed by atoms with Crippen molar-refractivity contribution in [3.8, 4) is 5.75 Å². The number of carboxylic acids is 1. The van der Waals surface area contributed by atoms with Crippen LogP contribution in [0.3, 0.4) is 0 Å². The van der Waals surface area contributed by atoms with Gasteiger partial charge in [0.2, 0.25) is 0 Å². The number of halogens is 1. The number of para-hydroxylation sites is 1. The number of hydrogen-bond acceptors (Lipinski definition) is 5. The first-order valence-electron chi connectivity index (χ1n) is 9.97. The fourth-order valence-electron chi connectivity index (χ4n) is 3.17. The van der Waals surface area contributed by atoms with Gasteiger partial charge in [-0.1, -0.05) is 29.8 Å². The lowest BCUT2D eigenvalue weighted by atomic mass is 10.1. The Morgan fingerprint density at radius 1 is 1.12 bits per heavy atom. The second-order valence-electron chi connectivity index (χ2n) is 7.23. The molecular weight excluding hydrogens is 444 g/mol. The van der Waals surface area contributed by atoms with Crippen molar-refractivity contribution in [2.24, 2.45) is 5.73 Å². The van der Waals surface area contributed by atoms with Gasteiger partial charge in [0.25, 0.3) is 5.91 Å². The molecule has 9 heteroatoms. The van der Waals surface area contributed by atoms with Crippen molar-refractivity contribution in [1.29, 1.82) is 5.41 Å². The molecule has 0 aliphatic carbocycles. The molecule has 170 valence electrons. The van der Waals surface area contributed by atoms with Crippen LogP contribution in [0.4, 0.5) is 11.4 Å². The highest BCUT2D eigenvalue weighted by atomic mass is 35.5. The van der Waals surface area contributed by atoms with Gasteiger partial charge in [0, 0.05) is 34.1 Å². The third-order valence-electron chi connectivity index (χ3n) is 4.78. The Kier molecular flexibility index (Phi) is 7.53. The van der Waals surface area contributed by atoms with E-state index in [2.05, 4.69) is 10.6 Å².